The van der Waals surface area contributed by atoms with Crippen LogP contribution < -0.4 is 0 Å². The molecule has 0 aliphatic rings. The predicted octanol–water partition coefficient (Wildman–Crippen LogP) is 2.92. The van der Waals surface area contributed by atoms with Crippen LogP contribution in [0, 0.1) is 11.3 Å². The molecule has 0 N–H and O–H groups in total. The molecule has 1 atom stereocenters. The molecule has 12 heavy (non-hydrogen) atoms. The molecule has 0 rings (SSSR count). The number of nitrogens with zero attached hydrogens (tertiary/aromatic N) is 1. The van der Waals surface area contributed by atoms with Crippen molar-refractivity contribution in [3.05, 3.63) is 0 Å². The lowest BCUT2D eigenvalue weighted by Gasteiger charge is -2.36. The van der Waals surface area contributed by atoms with Crippen molar-refractivity contribution in [2.45, 2.75) is 51.9 Å². The Labute approximate surface area is 76.7 Å². The van der Waals surface area contributed by atoms with E-state index in [1.54, 1.807) is 6.92 Å². The zero-order chi connectivity index (χ0) is 9.99. The lowest BCUT2D eigenvalue weighted by molar-refractivity contribution is 0.249. The zero-order valence-electron chi connectivity index (χ0n) is 8.93. The van der Waals surface area contributed by atoms with E-state index in [1.807, 2.05) is 0 Å². The minimum absolute atomic E-state index is 0.193. The van der Waals surface area contributed by atoms with Crippen molar-refractivity contribution >= 4 is 8.32 Å². The van der Waals surface area contributed by atoms with Gasteiger partial charge in [0.05, 0.1) is 6.07 Å². The first-order chi connectivity index (χ1) is 5.20. The summed E-state index contributed by atoms with van der Waals surface area (Å²) in [6, 6.07) is 2.11. The quantitative estimate of drug-likeness (QED) is 0.620. The van der Waals surface area contributed by atoms with Crippen molar-refractivity contribution in [3.8, 4) is 6.07 Å². The molecule has 0 fully saturated rings. The highest BCUT2D eigenvalue weighted by Gasteiger charge is 2.38. The number of hydrogen-bond acceptors (Lipinski definition) is 2. The van der Waals surface area contributed by atoms with Crippen LogP contribution in [0.5, 0.6) is 0 Å². The van der Waals surface area contributed by atoms with E-state index in [-0.39, 0.29) is 11.1 Å². The topological polar surface area (TPSA) is 33.0 Å². The third-order valence-electron chi connectivity index (χ3n) is 2.46. The standard InChI is InChI=1S/C9H19NOSi/c1-8(7-10)11-12(5,6)9(2,3)4/h8H,1-6H3/t8-/m0/s1. The van der Waals surface area contributed by atoms with E-state index in [0.717, 1.165) is 0 Å². The Morgan fingerprint density at radius 2 is 1.75 bits per heavy atom. The summed E-state index contributed by atoms with van der Waals surface area (Å²) in [5.74, 6) is 0. The molecular weight excluding hydrogens is 166 g/mol. The highest BCUT2D eigenvalue weighted by molar-refractivity contribution is 6.74. The van der Waals surface area contributed by atoms with Crippen molar-refractivity contribution in [1.82, 2.24) is 0 Å². The fraction of sp³-hybridized carbons (Fsp3) is 0.889. The first kappa shape index (κ1) is 11.7. The van der Waals surface area contributed by atoms with E-state index in [1.165, 1.54) is 0 Å². The minimum atomic E-state index is -1.71. The summed E-state index contributed by atoms with van der Waals surface area (Å²) in [6.07, 6.45) is -0.272. The van der Waals surface area contributed by atoms with E-state index in [2.05, 4.69) is 39.9 Å². The maximum Gasteiger partial charge on any atom is 0.193 e. The van der Waals surface area contributed by atoms with Gasteiger partial charge in [0.2, 0.25) is 0 Å². The Hall–Kier alpha value is -0.333. The van der Waals surface area contributed by atoms with Gasteiger partial charge in [-0.25, -0.2) is 0 Å². The molecule has 0 unspecified atom stereocenters. The summed E-state index contributed by atoms with van der Waals surface area (Å²) in [5, 5.41) is 8.80. The Morgan fingerprint density at radius 3 is 2.00 bits per heavy atom. The van der Waals surface area contributed by atoms with Crippen LogP contribution in [-0.4, -0.2) is 14.4 Å². The molecule has 0 radical (unpaired) electrons. The summed E-state index contributed by atoms with van der Waals surface area (Å²) in [7, 11) is -1.71. The van der Waals surface area contributed by atoms with Crippen LogP contribution in [0.4, 0.5) is 0 Å². The second kappa shape index (κ2) is 3.59. The van der Waals surface area contributed by atoms with E-state index >= 15 is 0 Å². The lowest BCUT2D eigenvalue weighted by Crippen LogP contribution is -2.42. The molecule has 0 bridgehead atoms. The molecule has 0 aliphatic heterocycles. The van der Waals surface area contributed by atoms with Gasteiger partial charge in [-0.15, -0.1) is 0 Å². The Bertz CT molecular complexity index is 188. The first-order valence-electron chi connectivity index (χ1n) is 4.28. The molecule has 0 spiro atoms. The van der Waals surface area contributed by atoms with Crippen molar-refractivity contribution in [2.75, 3.05) is 0 Å². The SMILES string of the molecule is C[C@@H](C#N)O[Si](C)(C)C(C)(C)C. The Balaban J connectivity index is 4.35. The van der Waals surface area contributed by atoms with Crippen LogP contribution in [0.2, 0.25) is 18.1 Å². The third-order valence-corrected chi connectivity index (χ3v) is 7.01. The van der Waals surface area contributed by atoms with Gasteiger partial charge in [-0.05, 0) is 25.1 Å². The second-order valence-electron chi connectivity index (χ2n) is 4.65. The fourth-order valence-corrected chi connectivity index (χ4v) is 1.94. The summed E-state index contributed by atoms with van der Waals surface area (Å²) >= 11 is 0. The van der Waals surface area contributed by atoms with Gasteiger partial charge < -0.3 is 4.43 Å². The first-order valence-corrected chi connectivity index (χ1v) is 7.19. The van der Waals surface area contributed by atoms with Crippen LogP contribution in [0.3, 0.4) is 0 Å². The molecule has 70 valence electrons. The number of rotatable bonds is 2. The molecule has 0 amide bonds. The van der Waals surface area contributed by atoms with Gasteiger partial charge in [-0.2, -0.15) is 5.26 Å². The van der Waals surface area contributed by atoms with Crippen LogP contribution in [0.15, 0.2) is 0 Å². The normalized spacial score (nSPS) is 15.4. The van der Waals surface area contributed by atoms with Crippen LogP contribution >= 0.6 is 0 Å². The lowest BCUT2D eigenvalue weighted by atomic mass is 10.2. The molecule has 0 saturated heterocycles. The fourth-order valence-electron chi connectivity index (χ4n) is 0.645. The van der Waals surface area contributed by atoms with Gasteiger partial charge in [0.1, 0.15) is 6.10 Å². The van der Waals surface area contributed by atoms with Crippen molar-refractivity contribution < 1.29 is 4.43 Å². The molecule has 0 aliphatic carbocycles. The Morgan fingerprint density at radius 1 is 1.33 bits per heavy atom. The summed E-state index contributed by atoms with van der Waals surface area (Å²) in [4.78, 5) is 0. The molecular formula is C9H19NOSi. The molecule has 2 nitrogen and oxygen atoms in total. The maximum absolute atomic E-state index is 8.61. The van der Waals surface area contributed by atoms with E-state index in [9.17, 15) is 0 Å². The highest BCUT2D eigenvalue weighted by atomic mass is 28.4. The van der Waals surface area contributed by atoms with Crippen LogP contribution in [-0.2, 0) is 4.43 Å². The molecule has 0 aromatic rings. The minimum Gasteiger partial charge on any atom is -0.401 e. The van der Waals surface area contributed by atoms with Crippen molar-refractivity contribution in [1.29, 1.82) is 5.26 Å². The molecule has 0 aromatic carbocycles. The van der Waals surface area contributed by atoms with Crippen LogP contribution in [0.25, 0.3) is 0 Å². The van der Waals surface area contributed by atoms with Gasteiger partial charge in [-0.1, -0.05) is 20.8 Å². The average molecular weight is 185 g/mol. The summed E-state index contributed by atoms with van der Waals surface area (Å²) in [5.41, 5.74) is 0. The van der Waals surface area contributed by atoms with Gasteiger partial charge in [-0.3, -0.25) is 0 Å². The number of nitriles is 1. The zero-order valence-corrected chi connectivity index (χ0v) is 9.93. The van der Waals surface area contributed by atoms with Gasteiger partial charge in [0, 0.05) is 0 Å². The highest BCUT2D eigenvalue weighted by Crippen LogP contribution is 2.37. The van der Waals surface area contributed by atoms with Gasteiger partial charge in [0.15, 0.2) is 8.32 Å². The van der Waals surface area contributed by atoms with E-state index < -0.39 is 8.32 Å². The van der Waals surface area contributed by atoms with Crippen LogP contribution in [0.1, 0.15) is 27.7 Å². The van der Waals surface area contributed by atoms with Crippen molar-refractivity contribution in [2.24, 2.45) is 0 Å². The van der Waals surface area contributed by atoms with Gasteiger partial charge >= 0.3 is 0 Å². The van der Waals surface area contributed by atoms with E-state index in [4.69, 9.17) is 9.69 Å². The largest absolute Gasteiger partial charge is 0.401 e. The molecule has 0 heterocycles. The maximum atomic E-state index is 8.61. The number of hydrogen-bond donors (Lipinski definition) is 0. The molecule has 3 heteroatoms. The molecule has 0 saturated carbocycles. The van der Waals surface area contributed by atoms with Crippen molar-refractivity contribution in [3.63, 3.8) is 0 Å². The van der Waals surface area contributed by atoms with Gasteiger partial charge in [0.25, 0.3) is 0 Å². The molecule has 0 aromatic heterocycles. The third kappa shape index (κ3) is 2.96. The second-order valence-corrected chi connectivity index (χ2v) is 9.41. The Kier molecular flexibility index (Phi) is 3.49. The smallest absolute Gasteiger partial charge is 0.193 e. The van der Waals surface area contributed by atoms with E-state index in [0.29, 0.717) is 0 Å². The summed E-state index contributed by atoms with van der Waals surface area (Å²) in [6.45, 7) is 12.6. The monoisotopic (exact) mass is 185 g/mol. The average Bonchev–Trinajstić information content (AvgIpc) is 1.84. The summed E-state index contributed by atoms with van der Waals surface area (Å²) < 4.78 is 5.73. The predicted molar refractivity (Wildman–Crippen MR) is 53.4 cm³/mol.